The van der Waals surface area contributed by atoms with E-state index in [0.29, 0.717) is 35.8 Å². The minimum absolute atomic E-state index is 0.157. The Hall–Kier alpha value is -2.78. The number of nitrogens with zero attached hydrogens (tertiary/aromatic N) is 1. The molecule has 0 atom stereocenters. The molecule has 0 aromatic heterocycles. The van der Waals surface area contributed by atoms with Crippen molar-refractivity contribution in [2.24, 2.45) is 5.92 Å². The van der Waals surface area contributed by atoms with Crippen LogP contribution in [0.5, 0.6) is 17.2 Å². The number of carbonyl (C=O) groups is 1. The molecule has 8 nitrogen and oxygen atoms in total. The van der Waals surface area contributed by atoms with E-state index in [1.807, 2.05) is 19.9 Å². The van der Waals surface area contributed by atoms with Crippen molar-refractivity contribution >= 4 is 21.6 Å². The van der Waals surface area contributed by atoms with Crippen LogP contribution >= 0.6 is 0 Å². The summed E-state index contributed by atoms with van der Waals surface area (Å²) in [5.74, 6) is 1.18. The Morgan fingerprint density at radius 3 is 2.21 bits per heavy atom. The van der Waals surface area contributed by atoms with Crippen molar-refractivity contribution in [2.45, 2.75) is 37.5 Å². The van der Waals surface area contributed by atoms with Gasteiger partial charge < -0.3 is 19.5 Å². The number of piperidine rings is 1. The molecule has 9 heteroatoms. The second-order valence-electron chi connectivity index (χ2n) is 8.30. The fourth-order valence-electron chi connectivity index (χ4n) is 3.89. The van der Waals surface area contributed by atoms with Gasteiger partial charge in [-0.3, -0.25) is 4.79 Å². The number of amides is 1. The Balaban J connectivity index is 1.71. The normalized spacial score (nSPS) is 15.3. The molecule has 2 aromatic rings. The molecule has 1 aliphatic rings. The smallest absolute Gasteiger partial charge is 0.246 e. The van der Waals surface area contributed by atoms with Gasteiger partial charge in [-0.15, -0.1) is 0 Å². The lowest BCUT2D eigenvalue weighted by Gasteiger charge is -2.31. The lowest BCUT2D eigenvalue weighted by Crippen LogP contribution is -2.41. The molecule has 1 aliphatic heterocycles. The van der Waals surface area contributed by atoms with E-state index in [2.05, 4.69) is 5.32 Å². The van der Waals surface area contributed by atoms with Crippen molar-refractivity contribution < 1.29 is 27.4 Å². The molecule has 1 fully saturated rings. The van der Waals surface area contributed by atoms with E-state index < -0.39 is 10.0 Å². The predicted octanol–water partition coefficient (Wildman–Crippen LogP) is 3.88. The van der Waals surface area contributed by atoms with Crippen LogP contribution in [0, 0.1) is 5.92 Å². The Morgan fingerprint density at radius 1 is 0.970 bits per heavy atom. The van der Waals surface area contributed by atoms with Crippen LogP contribution in [-0.4, -0.2) is 53.0 Å². The van der Waals surface area contributed by atoms with E-state index >= 15 is 0 Å². The number of anilines is 1. The van der Waals surface area contributed by atoms with E-state index in [9.17, 15) is 13.2 Å². The number of rotatable bonds is 8. The molecule has 0 saturated carbocycles. The van der Waals surface area contributed by atoms with E-state index in [4.69, 9.17) is 14.2 Å². The molecule has 0 aliphatic carbocycles. The molecular formula is C24H32N2O6S. The summed E-state index contributed by atoms with van der Waals surface area (Å²) in [5, 5.41) is 2.90. The quantitative estimate of drug-likeness (QED) is 0.622. The zero-order valence-corrected chi connectivity index (χ0v) is 20.6. The van der Waals surface area contributed by atoms with Crippen LogP contribution in [0.15, 0.2) is 41.3 Å². The van der Waals surface area contributed by atoms with Crippen molar-refractivity contribution in [1.82, 2.24) is 4.31 Å². The van der Waals surface area contributed by atoms with E-state index in [1.165, 1.54) is 18.5 Å². The highest BCUT2D eigenvalue weighted by molar-refractivity contribution is 7.89. The number of methoxy groups -OCH3 is 3. The highest BCUT2D eigenvalue weighted by Gasteiger charge is 2.34. The maximum absolute atomic E-state index is 13.4. The van der Waals surface area contributed by atoms with Crippen molar-refractivity contribution in [1.29, 1.82) is 0 Å². The monoisotopic (exact) mass is 476 g/mol. The predicted molar refractivity (Wildman–Crippen MR) is 127 cm³/mol. The summed E-state index contributed by atoms with van der Waals surface area (Å²) in [6.45, 7) is 4.55. The first-order valence-corrected chi connectivity index (χ1v) is 12.4. The van der Waals surface area contributed by atoms with Gasteiger partial charge in [0.1, 0.15) is 22.1 Å². The van der Waals surface area contributed by atoms with Gasteiger partial charge in [0.15, 0.2) is 0 Å². The van der Waals surface area contributed by atoms with Crippen molar-refractivity contribution in [3.8, 4) is 17.2 Å². The Kier molecular flexibility index (Phi) is 7.86. The highest BCUT2D eigenvalue weighted by atomic mass is 32.2. The largest absolute Gasteiger partial charge is 0.497 e. The summed E-state index contributed by atoms with van der Waals surface area (Å²) in [7, 11) is 0.804. The maximum atomic E-state index is 13.4. The Labute approximate surface area is 195 Å². The average molecular weight is 477 g/mol. The number of sulfonamides is 1. The zero-order valence-electron chi connectivity index (χ0n) is 19.8. The third-order valence-corrected chi connectivity index (χ3v) is 7.88. The van der Waals surface area contributed by atoms with Gasteiger partial charge in [0.25, 0.3) is 0 Å². The molecule has 3 rings (SSSR count). The second-order valence-corrected chi connectivity index (χ2v) is 10.2. The molecule has 0 unspecified atom stereocenters. The van der Waals surface area contributed by atoms with Crippen LogP contribution in [0.2, 0.25) is 0 Å². The molecule has 0 radical (unpaired) electrons. The molecule has 180 valence electrons. The fraction of sp³-hybridized carbons (Fsp3) is 0.458. The van der Waals surface area contributed by atoms with Gasteiger partial charge in [-0.1, -0.05) is 19.9 Å². The summed E-state index contributed by atoms with van der Waals surface area (Å²) in [6, 6.07) is 10.4. The van der Waals surface area contributed by atoms with Crippen LogP contribution in [0.25, 0.3) is 0 Å². The summed E-state index contributed by atoms with van der Waals surface area (Å²) in [5.41, 5.74) is 1.48. The zero-order chi connectivity index (χ0) is 24.2. The Bertz CT molecular complexity index is 1090. The minimum atomic E-state index is -3.74. The number of benzene rings is 2. The van der Waals surface area contributed by atoms with E-state index in [-0.39, 0.29) is 35.7 Å². The standard InChI is InChI=1S/C24H32N2O6S/c1-16(2)18-6-9-21(31-4)23(14-18)33(28,29)26-12-10-17(11-13-26)24(27)25-20-8-7-19(30-3)15-22(20)32-5/h6-9,14-17H,10-13H2,1-5H3,(H,25,27). The number of hydrogen-bond donors (Lipinski definition) is 1. The third-order valence-electron chi connectivity index (χ3n) is 5.96. The van der Waals surface area contributed by atoms with Gasteiger partial charge in [0, 0.05) is 25.1 Å². The van der Waals surface area contributed by atoms with Gasteiger partial charge in [-0.2, -0.15) is 4.31 Å². The molecule has 1 saturated heterocycles. The highest BCUT2D eigenvalue weighted by Crippen LogP contribution is 2.33. The third kappa shape index (κ3) is 5.42. The Morgan fingerprint density at radius 2 is 1.64 bits per heavy atom. The molecule has 1 heterocycles. The van der Waals surface area contributed by atoms with Crippen molar-refractivity contribution in [3.63, 3.8) is 0 Å². The van der Waals surface area contributed by atoms with Gasteiger partial charge in [0.05, 0.1) is 27.0 Å². The van der Waals surface area contributed by atoms with Crippen LogP contribution in [0.1, 0.15) is 38.2 Å². The lowest BCUT2D eigenvalue weighted by molar-refractivity contribution is -0.120. The number of nitrogens with one attached hydrogen (secondary N) is 1. The number of ether oxygens (including phenoxy) is 3. The van der Waals surface area contributed by atoms with Gasteiger partial charge in [-0.05, 0) is 48.6 Å². The number of carbonyl (C=O) groups excluding carboxylic acids is 1. The molecule has 1 N–H and O–H groups in total. The average Bonchev–Trinajstić information content (AvgIpc) is 2.83. The first-order chi connectivity index (χ1) is 15.7. The van der Waals surface area contributed by atoms with Gasteiger partial charge in [-0.25, -0.2) is 8.42 Å². The first-order valence-electron chi connectivity index (χ1n) is 10.9. The van der Waals surface area contributed by atoms with Crippen LogP contribution < -0.4 is 19.5 Å². The fourth-order valence-corrected chi connectivity index (χ4v) is 5.55. The van der Waals surface area contributed by atoms with Crippen LogP contribution in [0.4, 0.5) is 5.69 Å². The summed E-state index contributed by atoms with van der Waals surface area (Å²) in [4.78, 5) is 13.0. The second kappa shape index (κ2) is 10.4. The SMILES string of the molecule is COc1ccc(NC(=O)C2CCN(S(=O)(=O)c3cc(C(C)C)ccc3OC)CC2)c(OC)c1. The van der Waals surface area contributed by atoms with Gasteiger partial charge >= 0.3 is 0 Å². The summed E-state index contributed by atoms with van der Waals surface area (Å²) >= 11 is 0. The maximum Gasteiger partial charge on any atom is 0.246 e. The van der Waals surface area contributed by atoms with Crippen molar-refractivity contribution in [3.05, 3.63) is 42.0 Å². The molecular weight excluding hydrogens is 444 g/mol. The van der Waals surface area contributed by atoms with Crippen LogP contribution in [-0.2, 0) is 14.8 Å². The number of hydrogen-bond acceptors (Lipinski definition) is 6. The minimum Gasteiger partial charge on any atom is -0.497 e. The molecule has 0 spiro atoms. The van der Waals surface area contributed by atoms with E-state index in [0.717, 1.165) is 5.56 Å². The lowest BCUT2D eigenvalue weighted by atomic mass is 9.97. The van der Waals surface area contributed by atoms with E-state index in [1.54, 1.807) is 37.4 Å². The summed E-state index contributed by atoms with van der Waals surface area (Å²) in [6.07, 6.45) is 0.853. The summed E-state index contributed by atoms with van der Waals surface area (Å²) < 4.78 is 44.0. The molecule has 0 bridgehead atoms. The topological polar surface area (TPSA) is 94.2 Å². The van der Waals surface area contributed by atoms with Crippen LogP contribution in [0.3, 0.4) is 0 Å². The van der Waals surface area contributed by atoms with Crippen molar-refractivity contribution in [2.75, 3.05) is 39.7 Å². The van der Waals surface area contributed by atoms with Gasteiger partial charge in [0.2, 0.25) is 15.9 Å². The molecule has 1 amide bonds. The first kappa shape index (κ1) is 24.9. The molecule has 33 heavy (non-hydrogen) atoms. The molecule has 2 aromatic carbocycles.